The molecule has 5 nitrogen and oxygen atoms in total. The lowest BCUT2D eigenvalue weighted by molar-refractivity contribution is 0.425. The van der Waals surface area contributed by atoms with Crippen molar-refractivity contribution in [2.24, 2.45) is 0 Å². The van der Waals surface area contributed by atoms with Gasteiger partial charge in [0.1, 0.15) is 0 Å². The molecule has 3 aromatic rings. The van der Waals surface area contributed by atoms with Gasteiger partial charge in [-0.25, -0.2) is 0 Å². The largest absolute Gasteiger partial charge is 0.334 e. The summed E-state index contributed by atoms with van der Waals surface area (Å²) >= 11 is 10.7. The number of halogens is 1. The Morgan fingerprint density at radius 1 is 1.14 bits per heavy atom. The van der Waals surface area contributed by atoms with E-state index in [2.05, 4.69) is 27.3 Å². The van der Waals surface area contributed by atoms with Crippen LogP contribution in [0.3, 0.4) is 0 Å². The molecule has 0 aliphatic rings. The molecule has 0 aliphatic heterocycles. The summed E-state index contributed by atoms with van der Waals surface area (Å²) in [6.07, 6.45) is 0. The van der Waals surface area contributed by atoms with Gasteiger partial charge in [-0.05, 0) is 30.0 Å². The van der Waals surface area contributed by atoms with Crippen LogP contribution >= 0.6 is 46.5 Å². The molecule has 22 heavy (non-hydrogen) atoms. The zero-order valence-corrected chi connectivity index (χ0v) is 14.7. The highest BCUT2D eigenvalue weighted by Gasteiger charge is 2.11. The quantitative estimate of drug-likeness (QED) is 0.585. The van der Waals surface area contributed by atoms with Gasteiger partial charge in [0, 0.05) is 10.6 Å². The lowest BCUT2D eigenvalue weighted by Gasteiger charge is -1.93. The van der Waals surface area contributed by atoms with Crippen molar-refractivity contribution < 1.29 is 4.52 Å². The molecule has 0 saturated heterocycles. The Labute approximate surface area is 144 Å². The van der Waals surface area contributed by atoms with Gasteiger partial charge >= 0.3 is 0 Å². The van der Waals surface area contributed by atoms with E-state index in [0.29, 0.717) is 22.5 Å². The van der Waals surface area contributed by atoms with Crippen molar-refractivity contribution in [2.45, 2.75) is 21.4 Å². The average Bonchev–Trinajstić information content (AvgIpc) is 3.16. The predicted octanol–water partition coefficient (Wildman–Crippen LogP) is 4.65. The normalized spacial score (nSPS) is 11.0. The Morgan fingerprint density at radius 3 is 2.59 bits per heavy atom. The summed E-state index contributed by atoms with van der Waals surface area (Å²) in [6.45, 7) is 2.09. The molecule has 0 spiro atoms. The van der Waals surface area contributed by atoms with E-state index in [1.54, 1.807) is 47.0 Å². The topological polar surface area (TPSA) is 64.7 Å². The standard InChI is InChI=1S/C13H11ClN4OS3/c1-2-20-12-16-17-13(22-12)21-7-10-15-11(19-18-10)8-3-5-9(14)6-4-8/h3-6H,2,7H2,1H3. The van der Waals surface area contributed by atoms with Crippen molar-refractivity contribution in [3.8, 4) is 11.5 Å². The second-order valence-corrected chi connectivity index (χ2v) is 8.23. The second-order valence-electron chi connectivity index (χ2n) is 4.08. The fraction of sp³-hybridized carbons (Fsp3) is 0.231. The maximum absolute atomic E-state index is 5.86. The Kier molecular flexibility index (Phi) is 5.35. The van der Waals surface area contributed by atoms with Gasteiger partial charge in [0.15, 0.2) is 14.5 Å². The summed E-state index contributed by atoms with van der Waals surface area (Å²) in [5.41, 5.74) is 0.852. The van der Waals surface area contributed by atoms with E-state index in [0.717, 1.165) is 20.0 Å². The van der Waals surface area contributed by atoms with E-state index in [-0.39, 0.29) is 0 Å². The second kappa shape index (κ2) is 7.45. The number of aromatic nitrogens is 4. The van der Waals surface area contributed by atoms with Crippen LogP contribution in [-0.4, -0.2) is 26.1 Å². The first-order chi connectivity index (χ1) is 10.7. The Hall–Kier alpha value is -1.09. The smallest absolute Gasteiger partial charge is 0.257 e. The molecule has 0 N–H and O–H groups in total. The van der Waals surface area contributed by atoms with Crippen molar-refractivity contribution in [1.82, 2.24) is 20.3 Å². The molecule has 3 rings (SSSR count). The predicted molar refractivity (Wildman–Crippen MR) is 90.6 cm³/mol. The Bertz CT molecular complexity index is 744. The number of benzene rings is 1. The van der Waals surface area contributed by atoms with Crippen LogP contribution in [0.5, 0.6) is 0 Å². The highest BCUT2D eigenvalue weighted by molar-refractivity contribution is 8.02. The first-order valence-corrected chi connectivity index (χ1v) is 9.59. The van der Waals surface area contributed by atoms with Crippen LogP contribution in [0, 0.1) is 0 Å². The van der Waals surface area contributed by atoms with Gasteiger partial charge in [-0.2, -0.15) is 4.98 Å². The minimum Gasteiger partial charge on any atom is -0.334 e. The molecule has 0 atom stereocenters. The third-order valence-electron chi connectivity index (χ3n) is 2.54. The lowest BCUT2D eigenvalue weighted by Crippen LogP contribution is -1.84. The zero-order chi connectivity index (χ0) is 15.4. The summed E-state index contributed by atoms with van der Waals surface area (Å²) in [7, 11) is 0. The molecule has 114 valence electrons. The van der Waals surface area contributed by atoms with Crippen LogP contribution in [-0.2, 0) is 5.75 Å². The van der Waals surface area contributed by atoms with Gasteiger partial charge in [0.25, 0.3) is 5.89 Å². The maximum atomic E-state index is 5.86. The molecule has 0 unspecified atom stereocenters. The first kappa shape index (κ1) is 15.8. The van der Waals surface area contributed by atoms with Crippen molar-refractivity contribution in [3.63, 3.8) is 0 Å². The molecular weight excluding hydrogens is 360 g/mol. The molecule has 0 amide bonds. The number of hydrogen-bond acceptors (Lipinski definition) is 8. The molecule has 0 bridgehead atoms. The molecule has 0 fully saturated rings. The van der Waals surface area contributed by atoms with Crippen LogP contribution in [0.15, 0.2) is 37.5 Å². The third kappa shape index (κ3) is 4.01. The van der Waals surface area contributed by atoms with Crippen LogP contribution in [0.4, 0.5) is 0 Å². The van der Waals surface area contributed by atoms with E-state index in [9.17, 15) is 0 Å². The van der Waals surface area contributed by atoms with E-state index in [4.69, 9.17) is 16.1 Å². The van der Waals surface area contributed by atoms with Gasteiger partial charge in [-0.3, -0.25) is 0 Å². The number of thioether (sulfide) groups is 2. The summed E-state index contributed by atoms with van der Waals surface area (Å²) in [5, 5.41) is 12.9. The van der Waals surface area contributed by atoms with Crippen molar-refractivity contribution in [3.05, 3.63) is 35.1 Å². The lowest BCUT2D eigenvalue weighted by atomic mass is 10.2. The number of nitrogens with zero attached hydrogens (tertiary/aromatic N) is 4. The van der Waals surface area contributed by atoms with Crippen LogP contribution < -0.4 is 0 Å². The van der Waals surface area contributed by atoms with E-state index in [1.807, 2.05) is 12.1 Å². The van der Waals surface area contributed by atoms with Crippen molar-refractivity contribution >= 4 is 46.5 Å². The monoisotopic (exact) mass is 370 g/mol. The van der Waals surface area contributed by atoms with Gasteiger partial charge in [0.05, 0.1) is 5.75 Å². The highest BCUT2D eigenvalue weighted by Crippen LogP contribution is 2.30. The van der Waals surface area contributed by atoms with Gasteiger partial charge in [-0.15, -0.1) is 10.2 Å². The van der Waals surface area contributed by atoms with E-state index >= 15 is 0 Å². The average molecular weight is 371 g/mol. The zero-order valence-electron chi connectivity index (χ0n) is 11.5. The van der Waals surface area contributed by atoms with Crippen LogP contribution in [0.2, 0.25) is 5.02 Å². The van der Waals surface area contributed by atoms with Crippen LogP contribution in [0.25, 0.3) is 11.5 Å². The van der Waals surface area contributed by atoms with Crippen molar-refractivity contribution in [2.75, 3.05) is 5.75 Å². The highest BCUT2D eigenvalue weighted by atomic mass is 35.5. The third-order valence-corrected chi connectivity index (χ3v) is 5.86. The molecule has 2 aromatic heterocycles. The Balaban J connectivity index is 1.62. The van der Waals surface area contributed by atoms with Crippen molar-refractivity contribution in [1.29, 1.82) is 0 Å². The summed E-state index contributed by atoms with van der Waals surface area (Å²) < 4.78 is 7.17. The summed E-state index contributed by atoms with van der Waals surface area (Å²) in [5.74, 6) is 2.72. The van der Waals surface area contributed by atoms with E-state index in [1.165, 1.54) is 0 Å². The number of rotatable bonds is 6. The SMILES string of the molecule is CCSc1nnc(SCc2noc(-c3ccc(Cl)cc3)n2)s1. The van der Waals surface area contributed by atoms with Crippen LogP contribution in [0.1, 0.15) is 12.7 Å². The van der Waals surface area contributed by atoms with E-state index < -0.39 is 0 Å². The fourth-order valence-electron chi connectivity index (χ4n) is 1.59. The molecule has 1 aromatic carbocycles. The molecule has 0 aliphatic carbocycles. The van der Waals surface area contributed by atoms with Gasteiger partial charge in [0.2, 0.25) is 0 Å². The molecular formula is C13H11ClN4OS3. The van der Waals surface area contributed by atoms with Gasteiger partial charge < -0.3 is 4.52 Å². The summed E-state index contributed by atoms with van der Waals surface area (Å²) in [4.78, 5) is 4.38. The minimum atomic E-state index is 0.492. The minimum absolute atomic E-state index is 0.492. The number of hydrogen-bond donors (Lipinski definition) is 0. The van der Waals surface area contributed by atoms with Gasteiger partial charge in [-0.1, -0.05) is 58.5 Å². The molecule has 0 radical (unpaired) electrons. The summed E-state index contributed by atoms with van der Waals surface area (Å²) in [6, 6.07) is 7.30. The fourth-order valence-corrected chi connectivity index (χ4v) is 4.47. The molecule has 0 saturated carbocycles. The molecule has 2 heterocycles. The first-order valence-electron chi connectivity index (χ1n) is 6.42. The molecule has 9 heteroatoms. The maximum Gasteiger partial charge on any atom is 0.257 e. The Morgan fingerprint density at radius 2 is 1.86 bits per heavy atom.